The summed E-state index contributed by atoms with van der Waals surface area (Å²) in [5.41, 5.74) is 6.57. The highest BCUT2D eigenvalue weighted by Crippen LogP contribution is 2.46. The molecule has 0 atom stereocenters. The molecular weight excluding hydrogens is 380 g/mol. The van der Waals surface area contributed by atoms with Gasteiger partial charge in [0, 0.05) is 0 Å². The first-order chi connectivity index (χ1) is 13.5. The van der Waals surface area contributed by atoms with E-state index in [4.69, 9.17) is 5.11 Å². The molecule has 0 bridgehead atoms. The van der Waals surface area contributed by atoms with Crippen LogP contribution < -0.4 is 0 Å². The third-order valence-corrected chi connectivity index (χ3v) is 8.00. The van der Waals surface area contributed by atoms with Crippen molar-refractivity contribution in [1.82, 2.24) is 0 Å². The average Bonchev–Trinajstić information content (AvgIpc) is 2.66. The minimum Gasteiger partial charge on any atom is -0.395 e. The minimum absolute atomic E-state index is 0.170. The summed E-state index contributed by atoms with van der Waals surface area (Å²) < 4.78 is 24.1. The van der Waals surface area contributed by atoms with Crippen molar-refractivity contribution in [2.24, 2.45) is 0 Å². The summed E-state index contributed by atoms with van der Waals surface area (Å²) in [4.78, 5) is 0.249. The van der Waals surface area contributed by atoms with Gasteiger partial charge >= 0.3 is 0 Å². The molecule has 0 saturated heterocycles. The standard InChI is InChI=1S/C25H32O3S/c1-18(16-19-6-9-21(10-7-19)29(27,28)15-14-26)20-8-11-22-23(17-20)25(4,5)13-12-24(22,2)3/h6-11,16-17,26H,12-15H2,1-5H3/b18-16+. The summed E-state index contributed by atoms with van der Waals surface area (Å²) in [5.74, 6) is -0.248. The molecule has 1 aliphatic carbocycles. The molecule has 2 aromatic carbocycles. The topological polar surface area (TPSA) is 54.4 Å². The van der Waals surface area contributed by atoms with Gasteiger partial charge in [-0.2, -0.15) is 0 Å². The van der Waals surface area contributed by atoms with Crippen LogP contribution in [0.1, 0.15) is 69.7 Å². The molecule has 4 heteroatoms. The highest BCUT2D eigenvalue weighted by Gasteiger charge is 2.36. The smallest absolute Gasteiger partial charge is 0.180 e. The van der Waals surface area contributed by atoms with Gasteiger partial charge in [-0.3, -0.25) is 0 Å². The largest absolute Gasteiger partial charge is 0.395 e. The zero-order valence-electron chi connectivity index (χ0n) is 18.1. The van der Waals surface area contributed by atoms with E-state index in [1.807, 2.05) is 12.1 Å². The normalized spacial score (nSPS) is 18.3. The van der Waals surface area contributed by atoms with E-state index < -0.39 is 9.84 Å². The third kappa shape index (κ3) is 4.49. The monoisotopic (exact) mass is 412 g/mol. The van der Waals surface area contributed by atoms with E-state index in [0.717, 1.165) is 11.1 Å². The van der Waals surface area contributed by atoms with Crippen LogP contribution in [0.15, 0.2) is 47.4 Å². The second-order valence-corrected chi connectivity index (χ2v) is 11.6. The second kappa shape index (κ2) is 7.73. The van der Waals surface area contributed by atoms with Gasteiger partial charge in [0.25, 0.3) is 0 Å². The maximum absolute atomic E-state index is 12.1. The van der Waals surface area contributed by atoms with E-state index >= 15 is 0 Å². The lowest BCUT2D eigenvalue weighted by molar-refractivity contribution is 0.319. The summed E-state index contributed by atoms with van der Waals surface area (Å²) in [6.07, 6.45) is 4.47. The van der Waals surface area contributed by atoms with Gasteiger partial charge in [-0.1, -0.05) is 64.1 Å². The Labute approximate surface area is 175 Å². The van der Waals surface area contributed by atoms with E-state index in [0.29, 0.717) is 0 Å². The second-order valence-electron chi connectivity index (χ2n) is 9.47. The van der Waals surface area contributed by atoms with Crippen molar-refractivity contribution in [3.63, 3.8) is 0 Å². The van der Waals surface area contributed by atoms with Gasteiger partial charge in [0.1, 0.15) is 0 Å². The third-order valence-electron chi connectivity index (χ3n) is 6.29. The van der Waals surface area contributed by atoms with Crippen molar-refractivity contribution < 1.29 is 13.5 Å². The van der Waals surface area contributed by atoms with Crippen LogP contribution in [-0.4, -0.2) is 25.9 Å². The molecule has 0 aliphatic heterocycles. The first kappa shape index (κ1) is 21.8. The van der Waals surface area contributed by atoms with E-state index in [9.17, 15) is 8.42 Å². The van der Waals surface area contributed by atoms with Crippen molar-refractivity contribution in [2.45, 2.75) is 63.2 Å². The zero-order valence-corrected chi connectivity index (χ0v) is 18.9. The molecule has 0 fully saturated rings. The molecule has 0 spiro atoms. The molecule has 156 valence electrons. The predicted octanol–water partition coefficient (Wildman–Crippen LogP) is 5.36. The summed E-state index contributed by atoms with van der Waals surface area (Å²) >= 11 is 0. The number of benzene rings is 2. The SMILES string of the molecule is C/C(=C\c1ccc(S(=O)(=O)CCO)cc1)c1ccc2c(c1)C(C)(C)CCC2(C)C. The molecule has 0 heterocycles. The van der Waals surface area contributed by atoms with Gasteiger partial charge in [0.2, 0.25) is 0 Å². The Morgan fingerprint density at radius 1 is 0.966 bits per heavy atom. The lowest BCUT2D eigenvalue weighted by atomic mass is 9.63. The van der Waals surface area contributed by atoms with Gasteiger partial charge in [0.15, 0.2) is 9.84 Å². The molecule has 0 saturated carbocycles. The zero-order chi connectivity index (χ0) is 21.4. The summed E-state index contributed by atoms with van der Waals surface area (Å²) in [6.45, 7) is 11.0. The Hall–Kier alpha value is -1.91. The van der Waals surface area contributed by atoms with Crippen LogP contribution in [0.5, 0.6) is 0 Å². The predicted molar refractivity (Wildman–Crippen MR) is 121 cm³/mol. The molecule has 0 radical (unpaired) electrons. The first-order valence-electron chi connectivity index (χ1n) is 10.2. The fraction of sp³-hybridized carbons (Fsp3) is 0.440. The molecule has 1 N–H and O–H groups in total. The minimum atomic E-state index is -3.41. The lowest BCUT2D eigenvalue weighted by Gasteiger charge is -2.42. The molecule has 3 nitrogen and oxygen atoms in total. The number of aliphatic hydroxyl groups excluding tert-OH is 1. The van der Waals surface area contributed by atoms with Crippen LogP contribution >= 0.6 is 0 Å². The number of aliphatic hydroxyl groups is 1. The van der Waals surface area contributed by atoms with Gasteiger partial charge < -0.3 is 5.11 Å². The Kier molecular flexibility index (Phi) is 5.81. The average molecular weight is 413 g/mol. The Balaban J connectivity index is 1.93. The van der Waals surface area contributed by atoms with Gasteiger partial charge in [-0.05, 0) is 70.6 Å². The van der Waals surface area contributed by atoms with E-state index in [1.165, 1.54) is 29.5 Å². The van der Waals surface area contributed by atoms with Crippen molar-refractivity contribution in [3.05, 3.63) is 64.7 Å². The number of hydrogen-bond donors (Lipinski definition) is 1. The Morgan fingerprint density at radius 3 is 2.14 bits per heavy atom. The first-order valence-corrected chi connectivity index (χ1v) is 11.9. The van der Waals surface area contributed by atoms with Gasteiger partial charge in [-0.15, -0.1) is 0 Å². The number of hydrogen-bond acceptors (Lipinski definition) is 3. The van der Waals surface area contributed by atoms with Crippen LogP contribution in [0.2, 0.25) is 0 Å². The fourth-order valence-electron chi connectivity index (χ4n) is 4.18. The van der Waals surface area contributed by atoms with Crippen LogP contribution in [0.4, 0.5) is 0 Å². The molecule has 1 aliphatic rings. The van der Waals surface area contributed by atoms with E-state index in [-0.39, 0.29) is 28.1 Å². The number of rotatable bonds is 5. The van der Waals surface area contributed by atoms with Gasteiger partial charge in [-0.25, -0.2) is 8.42 Å². The van der Waals surface area contributed by atoms with Crippen LogP contribution in [0.3, 0.4) is 0 Å². The highest BCUT2D eigenvalue weighted by atomic mass is 32.2. The van der Waals surface area contributed by atoms with Crippen molar-refractivity contribution in [3.8, 4) is 0 Å². The molecule has 0 aromatic heterocycles. The number of allylic oxidation sites excluding steroid dienone is 1. The molecule has 2 aromatic rings. The van der Waals surface area contributed by atoms with Gasteiger partial charge in [0.05, 0.1) is 17.3 Å². The van der Waals surface area contributed by atoms with Crippen LogP contribution in [0.25, 0.3) is 11.6 Å². The lowest BCUT2D eigenvalue weighted by Crippen LogP contribution is -2.33. The quantitative estimate of drug-likeness (QED) is 0.673. The van der Waals surface area contributed by atoms with Crippen molar-refractivity contribution in [2.75, 3.05) is 12.4 Å². The fourth-order valence-corrected chi connectivity index (χ4v) is 5.20. The van der Waals surface area contributed by atoms with Crippen LogP contribution in [0, 0.1) is 0 Å². The Morgan fingerprint density at radius 2 is 1.55 bits per heavy atom. The molecule has 29 heavy (non-hydrogen) atoms. The maximum atomic E-state index is 12.1. The van der Waals surface area contributed by atoms with E-state index in [1.54, 1.807) is 12.1 Å². The summed E-state index contributed by atoms with van der Waals surface area (Å²) in [6, 6.07) is 13.7. The number of sulfone groups is 1. The maximum Gasteiger partial charge on any atom is 0.180 e. The highest BCUT2D eigenvalue weighted by molar-refractivity contribution is 7.91. The summed E-state index contributed by atoms with van der Waals surface area (Å²) in [7, 11) is -3.41. The Bertz CT molecular complexity index is 1030. The summed E-state index contributed by atoms with van der Waals surface area (Å²) in [5, 5.41) is 8.93. The van der Waals surface area contributed by atoms with E-state index in [2.05, 4.69) is 58.9 Å². The molecule has 3 rings (SSSR count). The molecular formula is C25H32O3S. The number of fused-ring (bicyclic) bond motifs is 1. The van der Waals surface area contributed by atoms with Crippen molar-refractivity contribution in [1.29, 1.82) is 0 Å². The molecule has 0 unspecified atom stereocenters. The van der Waals surface area contributed by atoms with Crippen LogP contribution in [-0.2, 0) is 20.7 Å². The van der Waals surface area contributed by atoms with Crippen molar-refractivity contribution >= 4 is 21.5 Å². The molecule has 0 amide bonds.